The fourth-order valence-corrected chi connectivity index (χ4v) is 1.49. The van der Waals surface area contributed by atoms with Crippen molar-refractivity contribution >= 4 is 23.2 Å². The lowest BCUT2D eigenvalue weighted by atomic mass is 10.0. The summed E-state index contributed by atoms with van der Waals surface area (Å²) in [5.41, 5.74) is 5.82. The highest BCUT2D eigenvalue weighted by atomic mass is 35.5. The first-order valence-electron chi connectivity index (χ1n) is 4.02. The molecular formula is C9H10Cl2FNO. The van der Waals surface area contributed by atoms with Crippen molar-refractivity contribution in [3.05, 3.63) is 33.6 Å². The summed E-state index contributed by atoms with van der Waals surface area (Å²) >= 11 is 11.3. The monoisotopic (exact) mass is 237 g/mol. The highest BCUT2D eigenvalue weighted by Crippen LogP contribution is 2.32. The molecule has 14 heavy (non-hydrogen) atoms. The van der Waals surface area contributed by atoms with Gasteiger partial charge < -0.3 is 10.8 Å². The van der Waals surface area contributed by atoms with Crippen molar-refractivity contribution in [3.8, 4) is 0 Å². The molecule has 0 bridgehead atoms. The Kier molecular flexibility index (Phi) is 3.72. The van der Waals surface area contributed by atoms with E-state index >= 15 is 0 Å². The Morgan fingerprint density at radius 2 is 1.93 bits per heavy atom. The Morgan fingerprint density at radius 3 is 2.43 bits per heavy atom. The van der Waals surface area contributed by atoms with Gasteiger partial charge in [0, 0.05) is 11.6 Å². The van der Waals surface area contributed by atoms with Crippen LogP contribution in [0.25, 0.3) is 0 Å². The largest absolute Gasteiger partial charge is 0.387 e. The van der Waals surface area contributed by atoms with Crippen LogP contribution >= 0.6 is 23.2 Å². The number of halogens is 3. The van der Waals surface area contributed by atoms with Crippen molar-refractivity contribution < 1.29 is 9.50 Å². The van der Waals surface area contributed by atoms with E-state index in [1.165, 1.54) is 6.07 Å². The second-order valence-electron chi connectivity index (χ2n) is 3.07. The Morgan fingerprint density at radius 1 is 1.36 bits per heavy atom. The molecule has 0 radical (unpaired) electrons. The summed E-state index contributed by atoms with van der Waals surface area (Å²) < 4.78 is 12.9. The van der Waals surface area contributed by atoms with E-state index in [4.69, 9.17) is 28.9 Å². The molecular weight excluding hydrogens is 228 g/mol. The van der Waals surface area contributed by atoms with E-state index in [1.807, 2.05) is 0 Å². The SMILES string of the molecule is C[C@H](N)[C@H](O)c1ccc(F)c(Cl)c1Cl. The smallest absolute Gasteiger partial charge is 0.143 e. The van der Waals surface area contributed by atoms with E-state index in [0.717, 1.165) is 6.07 Å². The van der Waals surface area contributed by atoms with Crippen LogP contribution in [0.5, 0.6) is 0 Å². The van der Waals surface area contributed by atoms with Gasteiger partial charge in [-0.2, -0.15) is 0 Å². The quantitative estimate of drug-likeness (QED) is 0.777. The van der Waals surface area contributed by atoms with E-state index in [9.17, 15) is 9.50 Å². The molecule has 2 atom stereocenters. The van der Waals surface area contributed by atoms with Gasteiger partial charge in [0.2, 0.25) is 0 Å². The van der Waals surface area contributed by atoms with Crippen LogP contribution in [0.4, 0.5) is 4.39 Å². The third-order valence-corrected chi connectivity index (χ3v) is 2.76. The summed E-state index contributed by atoms with van der Waals surface area (Å²) in [6.45, 7) is 1.62. The lowest BCUT2D eigenvalue weighted by molar-refractivity contribution is 0.153. The first kappa shape index (κ1) is 11.7. The zero-order valence-electron chi connectivity index (χ0n) is 7.47. The molecule has 78 valence electrons. The molecule has 0 aromatic heterocycles. The van der Waals surface area contributed by atoms with Crippen LogP contribution in [0.15, 0.2) is 12.1 Å². The first-order valence-corrected chi connectivity index (χ1v) is 4.77. The molecule has 0 amide bonds. The molecule has 1 aromatic rings. The maximum absolute atomic E-state index is 12.9. The number of hydrogen-bond donors (Lipinski definition) is 2. The fourth-order valence-electron chi connectivity index (χ4n) is 1.05. The fraction of sp³-hybridized carbons (Fsp3) is 0.333. The van der Waals surface area contributed by atoms with Crippen molar-refractivity contribution in [3.63, 3.8) is 0 Å². The molecule has 0 saturated heterocycles. The van der Waals surface area contributed by atoms with Crippen LogP contribution in [0.1, 0.15) is 18.6 Å². The number of aliphatic hydroxyl groups is 1. The minimum Gasteiger partial charge on any atom is -0.387 e. The second kappa shape index (κ2) is 4.45. The summed E-state index contributed by atoms with van der Waals surface area (Å²) in [7, 11) is 0. The predicted molar refractivity (Wildman–Crippen MR) is 55.0 cm³/mol. The maximum atomic E-state index is 12.9. The van der Waals surface area contributed by atoms with E-state index < -0.39 is 18.0 Å². The molecule has 1 rings (SSSR count). The van der Waals surface area contributed by atoms with E-state index in [-0.39, 0.29) is 10.0 Å². The summed E-state index contributed by atoms with van der Waals surface area (Å²) in [5.74, 6) is -0.614. The number of aliphatic hydroxyl groups excluding tert-OH is 1. The highest BCUT2D eigenvalue weighted by molar-refractivity contribution is 6.42. The van der Waals surface area contributed by atoms with Gasteiger partial charge >= 0.3 is 0 Å². The third-order valence-electron chi connectivity index (χ3n) is 1.88. The van der Waals surface area contributed by atoms with Crippen LogP contribution in [-0.2, 0) is 0 Å². The predicted octanol–water partition coefficient (Wildman–Crippen LogP) is 2.51. The number of hydrogen-bond acceptors (Lipinski definition) is 2. The van der Waals surface area contributed by atoms with E-state index in [1.54, 1.807) is 6.92 Å². The van der Waals surface area contributed by atoms with Crippen LogP contribution in [0, 0.1) is 5.82 Å². The van der Waals surface area contributed by atoms with E-state index in [0.29, 0.717) is 5.56 Å². The molecule has 3 N–H and O–H groups in total. The van der Waals surface area contributed by atoms with E-state index in [2.05, 4.69) is 0 Å². The van der Waals surface area contributed by atoms with Crippen molar-refractivity contribution in [2.24, 2.45) is 5.73 Å². The van der Waals surface area contributed by atoms with Crippen LogP contribution < -0.4 is 5.73 Å². The van der Waals surface area contributed by atoms with Crippen LogP contribution in [-0.4, -0.2) is 11.1 Å². The maximum Gasteiger partial charge on any atom is 0.143 e. The molecule has 0 fully saturated rings. The van der Waals surface area contributed by atoms with Gasteiger partial charge in [0.15, 0.2) is 0 Å². The van der Waals surface area contributed by atoms with Gasteiger partial charge in [-0.25, -0.2) is 4.39 Å². The van der Waals surface area contributed by atoms with Crippen LogP contribution in [0.2, 0.25) is 10.0 Å². The minimum absolute atomic E-state index is 0.0106. The van der Waals surface area contributed by atoms with Gasteiger partial charge in [-0.15, -0.1) is 0 Å². The highest BCUT2D eigenvalue weighted by Gasteiger charge is 2.19. The second-order valence-corrected chi connectivity index (χ2v) is 3.82. The van der Waals surface area contributed by atoms with Gasteiger partial charge in [0.25, 0.3) is 0 Å². The zero-order chi connectivity index (χ0) is 10.9. The molecule has 5 heteroatoms. The van der Waals surface area contributed by atoms with Gasteiger partial charge in [0.05, 0.1) is 16.1 Å². The topological polar surface area (TPSA) is 46.2 Å². The number of nitrogens with two attached hydrogens (primary N) is 1. The Hall–Kier alpha value is -0.350. The molecule has 0 aliphatic heterocycles. The Balaban J connectivity index is 3.17. The van der Waals surface area contributed by atoms with Crippen LogP contribution in [0.3, 0.4) is 0 Å². The average Bonchev–Trinajstić information content (AvgIpc) is 2.13. The van der Waals surface area contributed by atoms with Gasteiger partial charge in [-0.3, -0.25) is 0 Å². The summed E-state index contributed by atoms with van der Waals surface area (Å²) in [4.78, 5) is 0. The van der Waals surface area contributed by atoms with Crippen molar-refractivity contribution in [1.82, 2.24) is 0 Å². The van der Waals surface area contributed by atoms with Crippen molar-refractivity contribution in [1.29, 1.82) is 0 Å². The lowest BCUT2D eigenvalue weighted by Gasteiger charge is -2.16. The molecule has 2 nitrogen and oxygen atoms in total. The number of rotatable bonds is 2. The van der Waals surface area contributed by atoms with Gasteiger partial charge in [-0.05, 0) is 13.0 Å². The first-order chi connectivity index (χ1) is 6.45. The molecule has 0 heterocycles. The normalized spacial score (nSPS) is 15.3. The molecule has 0 aliphatic rings. The third kappa shape index (κ3) is 2.17. The minimum atomic E-state index is -0.944. The van der Waals surface area contributed by atoms with Crippen molar-refractivity contribution in [2.75, 3.05) is 0 Å². The zero-order valence-corrected chi connectivity index (χ0v) is 8.98. The number of benzene rings is 1. The molecule has 1 aromatic carbocycles. The molecule has 0 saturated carbocycles. The van der Waals surface area contributed by atoms with Gasteiger partial charge in [0.1, 0.15) is 5.82 Å². The standard InChI is InChI=1S/C9H10Cl2FNO/c1-4(13)9(14)5-2-3-6(12)8(11)7(5)10/h2-4,9,14H,13H2,1H3/t4-,9-/m0/s1. The summed E-state index contributed by atoms with van der Waals surface area (Å²) in [6.07, 6.45) is -0.944. The molecule has 0 unspecified atom stereocenters. The summed E-state index contributed by atoms with van der Waals surface area (Å²) in [5, 5.41) is 9.42. The van der Waals surface area contributed by atoms with Gasteiger partial charge in [-0.1, -0.05) is 29.3 Å². The Labute approximate surface area is 91.4 Å². The summed E-state index contributed by atoms with van der Waals surface area (Å²) in [6, 6.07) is 2.03. The Bertz CT molecular complexity index is 344. The average molecular weight is 238 g/mol. The molecule has 0 spiro atoms. The lowest BCUT2D eigenvalue weighted by Crippen LogP contribution is -2.24. The molecule has 0 aliphatic carbocycles. The van der Waals surface area contributed by atoms with Crippen molar-refractivity contribution in [2.45, 2.75) is 19.1 Å².